The SMILES string of the molecule is COC1C[C@H]2CC(Nc3cc(C(N)=O)ccc3OCC(F)F)C[C@H]2C1. The van der Waals surface area contributed by atoms with Crippen LogP contribution in [0.15, 0.2) is 18.2 Å². The number of methoxy groups -OCH3 is 1. The third-order valence-corrected chi connectivity index (χ3v) is 5.29. The average molecular weight is 354 g/mol. The lowest BCUT2D eigenvalue weighted by Gasteiger charge is -2.20. The molecule has 3 rings (SSSR count). The van der Waals surface area contributed by atoms with Crippen molar-refractivity contribution in [3.63, 3.8) is 0 Å². The third-order valence-electron chi connectivity index (χ3n) is 5.29. The molecule has 2 fully saturated rings. The third kappa shape index (κ3) is 4.21. The lowest BCUT2D eigenvalue weighted by Crippen LogP contribution is -2.20. The molecule has 0 radical (unpaired) electrons. The van der Waals surface area contributed by atoms with Crippen LogP contribution < -0.4 is 15.8 Å². The van der Waals surface area contributed by atoms with E-state index in [0.29, 0.717) is 34.9 Å². The number of carbonyl (C=O) groups is 1. The van der Waals surface area contributed by atoms with Crippen molar-refractivity contribution < 1.29 is 23.0 Å². The van der Waals surface area contributed by atoms with Crippen LogP contribution in [0.4, 0.5) is 14.5 Å². The highest BCUT2D eigenvalue weighted by Crippen LogP contribution is 2.46. The summed E-state index contributed by atoms with van der Waals surface area (Å²) >= 11 is 0. The van der Waals surface area contributed by atoms with Crippen LogP contribution in [0.1, 0.15) is 36.0 Å². The van der Waals surface area contributed by atoms with Crippen LogP contribution in [-0.4, -0.2) is 38.2 Å². The zero-order chi connectivity index (χ0) is 18.0. The van der Waals surface area contributed by atoms with Crippen molar-refractivity contribution in [2.24, 2.45) is 17.6 Å². The minimum absolute atomic E-state index is 0.227. The first-order valence-electron chi connectivity index (χ1n) is 8.60. The van der Waals surface area contributed by atoms with E-state index in [2.05, 4.69) is 5.32 Å². The van der Waals surface area contributed by atoms with E-state index >= 15 is 0 Å². The zero-order valence-electron chi connectivity index (χ0n) is 14.2. The number of fused-ring (bicyclic) bond motifs is 1. The summed E-state index contributed by atoms with van der Waals surface area (Å²) in [5, 5.41) is 3.37. The fourth-order valence-electron chi connectivity index (χ4n) is 4.17. The summed E-state index contributed by atoms with van der Waals surface area (Å²) in [6.07, 6.45) is 1.92. The van der Waals surface area contributed by atoms with Crippen LogP contribution in [0.2, 0.25) is 0 Å². The van der Waals surface area contributed by atoms with E-state index in [1.807, 2.05) is 0 Å². The van der Waals surface area contributed by atoms with Crippen molar-refractivity contribution in [2.75, 3.05) is 19.0 Å². The number of hydrogen-bond acceptors (Lipinski definition) is 4. The van der Waals surface area contributed by atoms with Gasteiger partial charge in [-0.2, -0.15) is 0 Å². The average Bonchev–Trinajstić information content (AvgIpc) is 3.11. The predicted molar refractivity (Wildman–Crippen MR) is 90.1 cm³/mol. The first-order chi connectivity index (χ1) is 12.0. The second-order valence-corrected chi connectivity index (χ2v) is 6.94. The molecule has 0 saturated heterocycles. The summed E-state index contributed by atoms with van der Waals surface area (Å²) in [6, 6.07) is 4.81. The smallest absolute Gasteiger partial charge is 0.272 e. The van der Waals surface area contributed by atoms with Crippen molar-refractivity contribution in [3.05, 3.63) is 23.8 Å². The molecule has 1 aromatic rings. The summed E-state index contributed by atoms with van der Waals surface area (Å²) in [7, 11) is 1.75. The van der Waals surface area contributed by atoms with E-state index < -0.39 is 18.9 Å². The zero-order valence-corrected chi connectivity index (χ0v) is 14.2. The van der Waals surface area contributed by atoms with E-state index in [1.54, 1.807) is 13.2 Å². The maximum absolute atomic E-state index is 12.5. The van der Waals surface area contributed by atoms with Gasteiger partial charge < -0.3 is 20.5 Å². The second-order valence-electron chi connectivity index (χ2n) is 6.94. The first kappa shape index (κ1) is 17.9. The predicted octanol–water partition coefficient (Wildman–Crippen LogP) is 3.04. The number of carbonyl (C=O) groups excluding carboxylic acids is 1. The van der Waals surface area contributed by atoms with Gasteiger partial charge in [0, 0.05) is 18.7 Å². The molecule has 3 N–H and O–H groups in total. The molecule has 0 heterocycles. The molecular formula is C18H24F2N2O3. The van der Waals surface area contributed by atoms with Gasteiger partial charge in [-0.05, 0) is 55.7 Å². The molecule has 1 amide bonds. The fraction of sp³-hybridized carbons (Fsp3) is 0.611. The lowest BCUT2D eigenvalue weighted by molar-refractivity contribution is 0.0821. The van der Waals surface area contributed by atoms with Gasteiger partial charge in [0.1, 0.15) is 12.4 Å². The number of anilines is 1. The minimum atomic E-state index is -2.56. The Labute approximate surface area is 145 Å². The highest BCUT2D eigenvalue weighted by Gasteiger charge is 2.41. The quantitative estimate of drug-likeness (QED) is 0.789. The Hall–Kier alpha value is -1.89. The number of ether oxygens (including phenoxy) is 2. The Kier molecular flexibility index (Phi) is 5.42. The largest absolute Gasteiger partial charge is 0.485 e. The molecule has 2 saturated carbocycles. The highest BCUT2D eigenvalue weighted by atomic mass is 19.3. The Balaban J connectivity index is 1.70. The number of amides is 1. The van der Waals surface area contributed by atoms with Crippen LogP contribution in [0.25, 0.3) is 0 Å². The minimum Gasteiger partial charge on any atom is -0.485 e. The maximum Gasteiger partial charge on any atom is 0.272 e. The molecule has 5 nitrogen and oxygen atoms in total. The van der Waals surface area contributed by atoms with Gasteiger partial charge in [0.2, 0.25) is 5.91 Å². The molecule has 2 unspecified atom stereocenters. The number of rotatable bonds is 7. The molecule has 25 heavy (non-hydrogen) atoms. The highest BCUT2D eigenvalue weighted by molar-refractivity contribution is 5.94. The number of nitrogens with two attached hydrogens (primary N) is 1. The molecule has 4 atom stereocenters. The van der Waals surface area contributed by atoms with Crippen LogP contribution >= 0.6 is 0 Å². The summed E-state index contributed by atoms with van der Waals surface area (Å²) in [5.74, 6) is 0.992. The number of nitrogens with one attached hydrogen (secondary N) is 1. The summed E-state index contributed by atoms with van der Waals surface area (Å²) in [6.45, 7) is -0.684. The Bertz CT molecular complexity index is 612. The number of halogens is 2. The molecule has 0 spiro atoms. The van der Waals surface area contributed by atoms with Crippen molar-refractivity contribution in [1.29, 1.82) is 0 Å². The summed E-state index contributed by atoms with van der Waals surface area (Å²) < 4.78 is 35.6. The number of primary amides is 1. The molecular weight excluding hydrogens is 330 g/mol. The van der Waals surface area contributed by atoms with Crippen LogP contribution in [0, 0.1) is 11.8 Å². The molecule has 7 heteroatoms. The van der Waals surface area contributed by atoms with Crippen LogP contribution in [0.3, 0.4) is 0 Å². The van der Waals surface area contributed by atoms with E-state index in [1.165, 1.54) is 12.1 Å². The molecule has 138 valence electrons. The van der Waals surface area contributed by atoms with E-state index in [0.717, 1.165) is 25.7 Å². The monoisotopic (exact) mass is 354 g/mol. The molecule has 0 bridgehead atoms. The van der Waals surface area contributed by atoms with Gasteiger partial charge in [-0.15, -0.1) is 0 Å². The summed E-state index contributed by atoms with van der Waals surface area (Å²) in [4.78, 5) is 11.4. The Morgan fingerprint density at radius 1 is 1.28 bits per heavy atom. The normalized spacial score (nSPS) is 28.2. The second kappa shape index (κ2) is 7.56. The lowest BCUT2D eigenvalue weighted by atomic mass is 10.0. The topological polar surface area (TPSA) is 73.6 Å². The fourth-order valence-corrected chi connectivity index (χ4v) is 4.17. The van der Waals surface area contributed by atoms with Gasteiger partial charge in [0.05, 0.1) is 11.8 Å². The standard InChI is InChI=1S/C18H24F2N2O3/c1-24-14-6-11-4-13(5-12(11)7-14)22-15-8-10(18(21)23)2-3-16(15)25-9-17(19)20/h2-3,8,11-14,17,22H,4-7,9H2,1H3,(H2,21,23)/t11-,12+,13?,14?. The van der Waals surface area contributed by atoms with Crippen LogP contribution in [-0.2, 0) is 4.74 Å². The van der Waals surface area contributed by atoms with Gasteiger partial charge in [-0.3, -0.25) is 4.79 Å². The number of benzene rings is 1. The summed E-state index contributed by atoms with van der Waals surface area (Å²) in [5.41, 5.74) is 6.20. The van der Waals surface area contributed by atoms with Gasteiger partial charge >= 0.3 is 0 Å². The maximum atomic E-state index is 12.5. The molecule has 0 aliphatic heterocycles. The van der Waals surface area contributed by atoms with Gasteiger partial charge in [0.25, 0.3) is 6.43 Å². The van der Waals surface area contributed by atoms with Gasteiger partial charge in [-0.25, -0.2) is 8.78 Å². The van der Waals surface area contributed by atoms with Gasteiger partial charge in [0.15, 0.2) is 0 Å². The van der Waals surface area contributed by atoms with Gasteiger partial charge in [-0.1, -0.05) is 0 Å². The van der Waals surface area contributed by atoms with Crippen molar-refractivity contribution in [3.8, 4) is 5.75 Å². The van der Waals surface area contributed by atoms with E-state index in [-0.39, 0.29) is 6.04 Å². The Morgan fingerprint density at radius 2 is 1.96 bits per heavy atom. The number of hydrogen-bond donors (Lipinski definition) is 2. The number of alkyl halides is 2. The Morgan fingerprint density at radius 3 is 2.52 bits per heavy atom. The molecule has 2 aliphatic carbocycles. The molecule has 2 aliphatic rings. The molecule has 1 aromatic carbocycles. The van der Waals surface area contributed by atoms with E-state index in [9.17, 15) is 13.6 Å². The molecule has 0 aromatic heterocycles. The van der Waals surface area contributed by atoms with E-state index in [4.69, 9.17) is 15.2 Å². The van der Waals surface area contributed by atoms with Crippen LogP contribution in [0.5, 0.6) is 5.75 Å². The van der Waals surface area contributed by atoms with Crippen molar-refractivity contribution in [2.45, 2.75) is 44.3 Å². The van der Waals surface area contributed by atoms with Crippen molar-refractivity contribution >= 4 is 11.6 Å². The first-order valence-corrected chi connectivity index (χ1v) is 8.60. The van der Waals surface area contributed by atoms with Crippen molar-refractivity contribution in [1.82, 2.24) is 0 Å².